The second kappa shape index (κ2) is 9.18. The van der Waals surface area contributed by atoms with Gasteiger partial charge in [0.2, 0.25) is 0 Å². The molecule has 0 aliphatic carbocycles. The van der Waals surface area contributed by atoms with Gasteiger partial charge in [0.05, 0.1) is 13.7 Å². The van der Waals surface area contributed by atoms with Crippen LogP contribution in [0.2, 0.25) is 0 Å². The molecule has 1 aromatic carbocycles. The number of hydrogen-bond acceptors (Lipinski definition) is 5. The number of nitrogens with one attached hydrogen (secondary N) is 1. The number of hydrogen-bond donors (Lipinski definition) is 1. The van der Waals surface area contributed by atoms with Gasteiger partial charge in [-0.15, -0.1) is 0 Å². The molecule has 0 spiro atoms. The zero-order chi connectivity index (χ0) is 14.8. The van der Waals surface area contributed by atoms with Crippen molar-refractivity contribution in [2.24, 2.45) is 0 Å². The second-order valence-corrected chi connectivity index (χ2v) is 4.29. The largest absolute Gasteiger partial charge is 0.497 e. The number of rotatable bonds is 9. The van der Waals surface area contributed by atoms with Gasteiger partial charge in [0.15, 0.2) is 6.10 Å². The Morgan fingerprint density at radius 1 is 1.35 bits per heavy atom. The van der Waals surface area contributed by atoms with Gasteiger partial charge in [-0.05, 0) is 12.5 Å². The molecular formula is C15H22N2O3. The van der Waals surface area contributed by atoms with Crippen LogP contribution in [0.15, 0.2) is 18.2 Å². The van der Waals surface area contributed by atoms with Crippen LogP contribution in [0.3, 0.4) is 0 Å². The maximum atomic E-state index is 9.01. The Kier molecular flexibility index (Phi) is 7.48. The van der Waals surface area contributed by atoms with Gasteiger partial charge in [-0.3, -0.25) is 0 Å². The Morgan fingerprint density at radius 3 is 2.75 bits per heavy atom. The van der Waals surface area contributed by atoms with Gasteiger partial charge in [0.25, 0.3) is 0 Å². The lowest BCUT2D eigenvalue weighted by Crippen LogP contribution is -2.20. The van der Waals surface area contributed by atoms with Gasteiger partial charge in [0.1, 0.15) is 17.6 Å². The van der Waals surface area contributed by atoms with Crippen molar-refractivity contribution in [3.63, 3.8) is 0 Å². The normalized spacial score (nSPS) is 11.7. The lowest BCUT2D eigenvalue weighted by atomic mass is 10.2. The van der Waals surface area contributed by atoms with Crippen molar-refractivity contribution < 1.29 is 14.2 Å². The first-order valence-corrected chi connectivity index (χ1v) is 6.68. The highest BCUT2D eigenvalue weighted by Gasteiger charge is 2.11. The fourth-order valence-corrected chi connectivity index (χ4v) is 1.67. The molecule has 0 aliphatic rings. The van der Waals surface area contributed by atoms with E-state index in [1.54, 1.807) is 14.2 Å². The van der Waals surface area contributed by atoms with Crippen LogP contribution in [-0.2, 0) is 11.3 Å². The highest BCUT2D eigenvalue weighted by Crippen LogP contribution is 2.26. The van der Waals surface area contributed by atoms with Crippen molar-refractivity contribution in [1.29, 1.82) is 5.26 Å². The van der Waals surface area contributed by atoms with Gasteiger partial charge < -0.3 is 19.5 Å². The first-order valence-electron chi connectivity index (χ1n) is 6.68. The van der Waals surface area contributed by atoms with E-state index < -0.39 is 6.10 Å². The lowest BCUT2D eigenvalue weighted by molar-refractivity contribution is 0.198. The van der Waals surface area contributed by atoms with E-state index >= 15 is 0 Å². The third kappa shape index (κ3) is 5.08. The minimum Gasteiger partial charge on any atom is -0.497 e. The summed E-state index contributed by atoms with van der Waals surface area (Å²) in [6.45, 7) is 3.99. The van der Waals surface area contributed by atoms with Crippen LogP contribution < -0.4 is 14.8 Å². The van der Waals surface area contributed by atoms with Crippen LogP contribution in [0.25, 0.3) is 0 Å². The summed E-state index contributed by atoms with van der Waals surface area (Å²) >= 11 is 0. The summed E-state index contributed by atoms with van der Waals surface area (Å²) in [7, 11) is 3.28. The zero-order valence-corrected chi connectivity index (χ0v) is 12.3. The summed E-state index contributed by atoms with van der Waals surface area (Å²) in [4.78, 5) is 0. The van der Waals surface area contributed by atoms with Crippen LogP contribution in [0, 0.1) is 11.3 Å². The van der Waals surface area contributed by atoms with Crippen LogP contribution in [0.5, 0.6) is 11.5 Å². The summed E-state index contributed by atoms with van der Waals surface area (Å²) in [5.74, 6) is 1.40. The topological polar surface area (TPSA) is 63.5 Å². The van der Waals surface area contributed by atoms with E-state index in [2.05, 4.69) is 11.4 Å². The Hall–Kier alpha value is -1.77. The van der Waals surface area contributed by atoms with Gasteiger partial charge in [0, 0.05) is 31.8 Å². The Balaban J connectivity index is 2.78. The van der Waals surface area contributed by atoms with Crippen LogP contribution in [0.1, 0.15) is 18.9 Å². The van der Waals surface area contributed by atoms with Crippen molar-refractivity contribution in [2.45, 2.75) is 26.0 Å². The molecule has 1 atom stereocenters. The number of ether oxygens (including phenoxy) is 3. The quantitative estimate of drug-likeness (QED) is 0.701. The lowest BCUT2D eigenvalue weighted by Gasteiger charge is -2.16. The van der Waals surface area contributed by atoms with E-state index in [0.717, 1.165) is 12.1 Å². The number of nitriles is 1. The smallest absolute Gasteiger partial charge is 0.184 e. The first kappa shape index (κ1) is 16.3. The van der Waals surface area contributed by atoms with E-state index in [4.69, 9.17) is 19.5 Å². The maximum Gasteiger partial charge on any atom is 0.184 e. The fourth-order valence-electron chi connectivity index (χ4n) is 1.67. The monoisotopic (exact) mass is 278 g/mol. The zero-order valence-electron chi connectivity index (χ0n) is 12.3. The average Bonchev–Trinajstić information content (AvgIpc) is 2.49. The molecule has 5 nitrogen and oxygen atoms in total. The summed E-state index contributed by atoms with van der Waals surface area (Å²) in [6.07, 6.45) is 0.199. The molecule has 0 fully saturated rings. The third-order valence-corrected chi connectivity index (χ3v) is 2.86. The molecule has 20 heavy (non-hydrogen) atoms. The molecule has 0 heterocycles. The van der Waals surface area contributed by atoms with E-state index in [1.807, 2.05) is 25.1 Å². The molecule has 0 saturated carbocycles. The van der Waals surface area contributed by atoms with Crippen LogP contribution in [-0.4, -0.2) is 33.5 Å². The second-order valence-electron chi connectivity index (χ2n) is 4.29. The summed E-state index contributed by atoms with van der Waals surface area (Å²) in [5, 5.41) is 12.3. The molecule has 5 heteroatoms. The molecule has 0 radical (unpaired) electrons. The summed E-state index contributed by atoms with van der Waals surface area (Å²) < 4.78 is 15.9. The summed E-state index contributed by atoms with van der Waals surface area (Å²) in [6, 6.07) is 7.78. The standard InChI is InChI=1S/C15H22N2O3/c1-4-13(10-16)20-15-9-14(19-3)6-5-12(15)11-17-7-8-18-2/h5-6,9,13,17H,4,7-8,11H2,1-3H3. The Labute approximate surface area is 120 Å². The number of nitrogens with zero attached hydrogens (tertiary/aromatic N) is 1. The van der Waals surface area contributed by atoms with E-state index in [0.29, 0.717) is 31.1 Å². The van der Waals surface area contributed by atoms with Gasteiger partial charge in [-0.2, -0.15) is 5.26 Å². The third-order valence-electron chi connectivity index (χ3n) is 2.86. The molecule has 0 amide bonds. The fraction of sp³-hybridized carbons (Fsp3) is 0.533. The molecule has 1 N–H and O–H groups in total. The van der Waals surface area contributed by atoms with Gasteiger partial charge in [-0.25, -0.2) is 0 Å². The van der Waals surface area contributed by atoms with Crippen molar-refractivity contribution >= 4 is 0 Å². The molecule has 1 unspecified atom stereocenters. The maximum absolute atomic E-state index is 9.01. The van der Waals surface area contributed by atoms with Crippen molar-refractivity contribution in [3.8, 4) is 17.6 Å². The predicted octanol–water partition coefficient (Wildman–Crippen LogP) is 2.11. The Bertz CT molecular complexity index is 443. The molecule has 0 aliphatic heterocycles. The molecule has 1 rings (SSSR count). The molecule has 0 saturated heterocycles. The highest BCUT2D eigenvalue weighted by molar-refractivity contribution is 5.41. The van der Waals surface area contributed by atoms with E-state index in [9.17, 15) is 0 Å². The molecule has 1 aromatic rings. The molecular weight excluding hydrogens is 256 g/mol. The summed E-state index contributed by atoms with van der Waals surface area (Å²) in [5.41, 5.74) is 0.996. The molecule has 110 valence electrons. The molecule has 0 aromatic heterocycles. The van der Waals surface area contributed by atoms with Crippen molar-refractivity contribution in [1.82, 2.24) is 5.32 Å². The van der Waals surface area contributed by atoms with Crippen molar-refractivity contribution in [3.05, 3.63) is 23.8 Å². The van der Waals surface area contributed by atoms with Gasteiger partial charge in [-0.1, -0.05) is 13.0 Å². The number of benzene rings is 1. The SMILES string of the molecule is CCC(C#N)Oc1cc(OC)ccc1CNCCOC. The predicted molar refractivity (Wildman–Crippen MR) is 76.9 cm³/mol. The first-order chi connectivity index (χ1) is 9.74. The number of methoxy groups -OCH3 is 2. The minimum absolute atomic E-state index is 0.445. The van der Waals surface area contributed by atoms with Crippen LogP contribution >= 0.6 is 0 Å². The average molecular weight is 278 g/mol. The van der Waals surface area contributed by atoms with Crippen LogP contribution in [0.4, 0.5) is 0 Å². The minimum atomic E-state index is -0.445. The van der Waals surface area contributed by atoms with Crippen molar-refractivity contribution in [2.75, 3.05) is 27.4 Å². The molecule has 0 bridgehead atoms. The Morgan fingerprint density at radius 2 is 2.15 bits per heavy atom. The van der Waals surface area contributed by atoms with Gasteiger partial charge >= 0.3 is 0 Å². The highest BCUT2D eigenvalue weighted by atomic mass is 16.5. The van der Waals surface area contributed by atoms with E-state index in [1.165, 1.54) is 0 Å². The van der Waals surface area contributed by atoms with E-state index in [-0.39, 0.29) is 0 Å².